The van der Waals surface area contributed by atoms with E-state index in [-0.39, 0.29) is 12.4 Å². The maximum Gasteiger partial charge on any atom is 0.315 e. The summed E-state index contributed by atoms with van der Waals surface area (Å²) in [5, 5.41) is 0. The molecule has 0 aliphatic heterocycles. The van der Waals surface area contributed by atoms with Crippen molar-refractivity contribution in [3.63, 3.8) is 0 Å². The van der Waals surface area contributed by atoms with E-state index in [0.29, 0.717) is 12.0 Å². The highest BCUT2D eigenvalue weighted by Crippen LogP contribution is 2.64. The number of Topliss-reactive ketones (excluding diaryl/α,β-unsaturated/α-hetero) is 1. The lowest BCUT2D eigenvalue weighted by Gasteiger charge is -2.11. The molecule has 0 bridgehead atoms. The maximum absolute atomic E-state index is 11.9. The molecule has 1 saturated carbocycles. The molecule has 3 nitrogen and oxygen atoms in total. The normalized spacial score (nSPS) is 23.2. The van der Waals surface area contributed by atoms with Gasteiger partial charge >= 0.3 is 5.97 Å². The number of aryl methyl sites for hydroxylation is 1. The van der Waals surface area contributed by atoms with Crippen molar-refractivity contribution in [1.29, 1.82) is 0 Å². The molecule has 1 aliphatic carbocycles. The lowest BCUT2D eigenvalue weighted by Crippen LogP contribution is -2.24. The second-order valence-corrected chi connectivity index (χ2v) is 6.75. The molecule has 0 saturated heterocycles. The summed E-state index contributed by atoms with van der Waals surface area (Å²) in [5.41, 5.74) is 0.777. The molecule has 1 atom stereocenters. The Morgan fingerprint density at radius 1 is 1.25 bits per heavy atom. The van der Waals surface area contributed by atoms with E-state index in [4.69, 9.17) is 27.9 Å². The molecule has 1 aliphatic rings. The molecule has 0 N–H and O–H groups in total. The van der Waals surface area contributed by atoms with Crippen molar-refractivity contribution < 1.29 is 14.3 Å². The first-order chi connectivity index (χ1) is 9.30. The number of esters is 1. The quantitative estimate of drug-likeness (QED) is 0.474. The van der Waals surface area contributed by atoms with Gasteiger partial charge in [0, 0.05) is 12.0 Å². The fourth-order valence-electron chi connectivity index (χ4n) is 1.92. The summed E-state index contributed by atoms with van der Waals surface area (Å²) in [6, 6.07) is 7.25. The van der Waals surface area contributed by atoms with Gasteiger partial charge in [0.25, 0.3) is 0 Å². The van der Waals surface area contributed by atoms with Crippen molar-refractivity contribution in [2.75, 3.05) is 6.61 Å². The molecule has 0 amide bonds. The van der Waals surface area contributed by atoms with Gasteiger partial charge in [-0.25, -0.2) is 0 Å². The minimum absolute atomic E-state index is 0.236. The van der Waals surface area contributed by atoms with E-state index < -0.39 is 15.7 Å². The number of hydrogen-bond donors (Lipinski definition) is 0. The number of rotatable bonds is 5. The molecule has 1 aromatic rings. The summed E-state index contributed by atoms with van der Waals surface area (Å²) in [4.78, 5) is 23.7. The van der Waals surface area contributed by atoms with Gasteiger partial charge in [-0.3, -0.25) is 9.59 Å². The fourth-order valence-corrected chi connectivity index (χ4v) is 2.61. The summed E-state index contributed by atoms with van der Waals surface area (Å²) in [5.74, 6) is -0.763. The predicted molar refractivity (Wildman–Crippen MR) is 78.3 cm³/mol. The first-order valence-corrected chi connectivity index (χ1v) is 7.23. The average Bonchev–Trinajstić information content (AvgIpc) is 2.96. The number of ether oxygens (including phenoxy) is 1. The summed E-state index contributed by atoms with van der Waals surface area (Å²) in [7, 11) is 0. The lowest BCUT2D eigenvalue weighted by molar-refractivity contribution is -0.148. The van der Waals surface area contributed by atoms with E-state index in [1.165, 1.54) is 0 Å². The van der Waals surface area contributed by atoms with Crippen LogP contribution in [0.2, 0.25) is 0 Å². The Labute approximate surface area is 128 Å². The molecule has 20 heavy (non-hydrogen) atoms. The van der Waals surface area contributed by atoms with Crippen LogP contribution in [0.3, 0.4) is 0 Å². The van der Waals surface area contributed by atoms with E-state index in [1.807, 2.05) is 19.1 Å². The Hall–Kier alpha value is -1.06. The number of benzene rings is 1. The summed E-state index contributed by atoms with van der Waals surface area (Å²) >= 11 is 11.8. The van der Waals surface area contributed by atoms with Crippen LogP contribution < -0.4 is 0 Å². The maximum atomic E-state index is 11.9. The molecule has 5 heteroatoms. The molecule has 2 rings (SSSR count). The number of carbonyl (C=O) groups excluding carboxylic acids is 2. The van der Waals surface area contributed by atoms with Gasteiger partial charge in [0.15, 0.2) is 12.4 Å². The molecule has 1 aromatic carbocycles. The molecule has 1 unspecified atom stereocenters. The third kappa shape index (κ3) is 2.84. The summed E-state index contributed by atoms with van der Waals surface area (Å²) < 4.78 is 3.95. The van der Waals surface area contributed by atoms with Crippen molar-refractivity contribution >= 4 is 35.0 Å². The van der Waals surface area contributed by atoms with Crippen LogP contribution in [-0.4, -0.2) is 22.7 Å². The number of carbonyl (C=O) groups is 2. The highest BCUT2D eigenvalue weighted by atomic mass is 35.5. The lowest BCUT2D eigenvalue weighted by atomic mass is 10.1. The Kier molecular flexibility index (Phi) is 4.12. The van der Waals surface area contributed by atoms with Crippen LogP contribution in [-0.2, 0) is 16.0 Å². The molecule has 0 heterocycles. The number of alkyl halides is 2. The van der Waals surface area contributed by atoms with E-state index in [1.54, 1.807) is 19.1 Å². The zero-order valence-corrected chi connectivity index (χ0v) is 12.9. The van der Waals surface area contributed by atoms with Gasteiger partial charge < -0.3 is 4.74 Å². The van der Waals surface area contributed by atoms with Crippen LogP contribution in [0.1, 0.15) is 36.2 Å². The zero-order chi connectivity index (χ0) is 15.0. The number of hydrogen-bond acceptors (Lipinski definition) is 3. The van der Waals surface area contributed by atoms with Crippen LogP contribution >= 0.6 is 23.2 Å². The first kappa shape index (κ1) is 15.3. The van der Waals surface area contributed by atoms with Gasteiger partial charge in [-0.1, -0.05) is 31.2 Å². The van der Waals surface area contributed by atoms with Gasteiger partial charge in [0.1, 0.15) is 9.75 Å². The van der Waals surface area contributed by atoms with E-state index in [2.05, 4.69) is 0 Å². The third-order valence-corrected chi connectivity index (χ3v) is 4.83. The SMILES string of the molecule is CCc1ccc(C(=O)COC(=O)C2(C)CC2(Cl)Cl)cc1. The Balaban J connectivity index is 1.91. The number of ketones is 1. The molecule has 0 spiro atoms. The van der Waals surface area contributed by atoms with Gasteiger partial charge in [-0.15, -0.1) is 23.2 Å². The zero-order valence-electron chi connectivity index (χ0n) is 11.4. The molecule has 1 fully saturated rings. The van der Waals surface area contributed by atoms with Crippen molar-refractivity contribution in [2.45, 2.75) is 31.0 Å². The standard InChI is InChI=1S/C15H16Cl2O3/c1-3-10-4-6-11(7-5-10)12(18)8-20-13(19)14(2)9-15(14,16)17/h4-7H,3,8-9H2,1-2H3. The van der Waals surface area contributed by atoms with Crippen LogP contribution in [0.5, 0.6) is 0 Å². The van der Waals surface area contributed by atoms with Crippen LogP contribution in [0, 0.1) is 5.41 Å². The Morgan fingerprint density at radius 3 is 2.25 bits per heavy atom. The Bertz CT molecular complexity index is 537. The molecular weight excluding hydrogens is 299 g/mol. The van der Waals surface area contributed by atoms with Gasteiger partial charge in [0.05, 0.1) is 0 Å². The third-order valence-electron chi connectivity index (χ3n) is 3.73. The van der Waals surface area contributed by atoms with Gasteiger partial charge in [0.2, 0.25) is 0 Å². The molecular formula is C15H16Cl2O3. The van der Waals surface area contributed by atoms with E-state index >= 15 is 0 Å². The molecule has 0 radical (unpaired) electrons. The largest absolute Gasteiger partial charge is 0.457 e. The predicted octanol–water partition coefficient (Wildman–Crippen LogP) is 3.56. The number of halogens is 2. The smallest absolute Gasteiger partial charge is 0.315 e. The fraction of sp³-hybridized carbons (Fsp3) is 0.467. The van der Waals surface area contributed by atoms with Crippen molar-refractivity contribution in [3.05, 3.63) is 35.4 Å². The average molecular weight is 315 g/mol. The highest BCUT2D eigenvalue weighted by molar-refractivity contribution is 6.53. The molecule has 0 aromatic heterocycles. The minimum atomic E-state index is -1.07. The van der Waals surface area contributed by atoms with Gasteiger partial charge in [-0.2, -0.15) is 0 Å². The van der Waals surface area contributed by atoms with E-state index in [0.717, 1.165) is 12.0 Å². The van der Waals surface area contributed by atoms with Gasteiger partial charge in [-0.05, 0) is 18.9 Å². The second kappa shape index (κ2) is 5.38. The van der Waals surface area contributed by atoms with Crippen LogP contribution in [0.4, 0.5) is 0 Å². The van der Waals surface area contributed by atoms with Crippen molar-refractivity contribution in [1.82, 2.24) is 0 Å². The molecule has 108 valence electrons. The minimum Gasteiger partial charge on any atom is -0.457 e. The topological polar surface area (TPSA) is 43.4 Å². The summed E-state index contributed by atoms with van der Waals surface area (Å²) in [6.45, 7) is 3.39. The van der Waals surface area contributed by atoms with Crippen LogP contribution in [0.25, 0.3) is 0 Å². The van der Waals surface area contributed by atoms with E-state index in [9.17, 15) is 9.59 Å². The monoisotopic (exact) mass is 314 g/mol. The second-order valence-electron chi connectivity index (χ2n) is 5.26. The summed E-state index contributed by atoms with van der Waals surface area (Å²) in [6.07, 6.45) is 1.26. The Morgan fingerprint density at radius 2 is 1.80 bits per heavy atom. The first-order valence-electron chi connectivity index (χ1n) is 6.47. The van der Waals surface area contributed by atoms with Crippen LogP contribution in [0.15, 0.2) is 24.3 Å². The van der Waals surface area contributed by atoms with Crippen molar-refractivity contribution in [2.24, 2.45) is 5.41 Å². The highest BCUT2D eigenvalue weighted by Gasteiger charge is 2.69. The van der Waals surface area contributed by atoms with Crippen molar-refractivity contribution in [3.8, 4) is 0 Å².